The number of hydrogen-bond acceptors (Lipinski definition) is 4. The molecule has 24 heavy (non-hydrogen) atoms. The average Bonchev–Trinajstić information content (AvgIpc) is 2.58. The maximum absolute atomic E-state index is 12.0. The van der Waals surface area contributed by atoms with E-state index in [1.807, 2.05) is 44.2 Å². The molecule has 128 valence electrons. The van der Waals surface area contributed by atoms with Gasteiger partial charge in [-0.15, -0.1) is 0 Å². The van der Waals surface area contributed by atoms with Gasteiger partial charge in [0.1, 0.15) is 0 Å². The third-order valence-corrected chi connectivity index (χ3v) is 4.69. The maximum atomic E-state index is 12.0. The first-order chi connectivity index (χ1) is 11.5. The molecule has 0 radical (unpaired) electrons. The summed E-state index contributed by atoms with van der Waals surface area (Å²) < 4.78 is 34.7. The van der Waals surface area contributed by atoms with Gasteiger partial charge in [0.05, 0.1) is 24.2 Å². The molecule has 0 fully saturated rings. The molecule has 0 amide bonds. The van der Waals surface area contributed by atoms with Crippen LogP contribution < -0.4 is 0 Å². The van der Waals surface area contributed by atoms with E-state index in [4.69, 9.17) is 8.92 Å². The van der Waals surface area contributed by atoms with Crippen LogP contribution in [0.5, 0.6) is 0 Å². The Kier molecular flexibility index (Phi) is 6.73. The molecule has 5 heteroatoms. The molecule has 0 N–H and O–H groups in total. The van der Waals surface area contributed by atoms with Crippen LogP contribution >= 0.6 is 0 Å². The average molecular weight is 346 g/mol. The minimum atomic E-state index is -3.72. The van der Waals surface area contributed by atoms with Crippen molar-refractivity contribution < 1.29 is 17.3 Å². The Balaban J connectivity index is 1.78. The number of ether oxygens (including phenoxy) is 1. The molecule has 0 aromatic heterocycles. The van der Waals surface area contributed by atoms with Gasteiger partial charge in [-0.05, 0) is 31.5 Å². The van der Waals surface area contributed by atoms with E-state index in [0.29, 0.717) is 6.61 Å². The Hall–Kier alpha value is -1.95. The van der Waals surface area contributed by atoms with Gasteiger partial charge in [-0.3, -0.25) is 4.18 Å². The van der Waals surface area contributed by atoms with Gasteiger partial charge >= 0.3 is 0 Å². The van der Waals surface area contributed by atoms with Crippen molar-refractivity contribution in [2.45, 2.75) is 31.5 Å². The van der Waals surface area contributed by atoms with E-state index in [1.165, 1.54) is 0 Å². The lowest BCUT2D eigenvalue weighted by atomic mass is 10.2. The van der Waals surface area contributed by atoms with Crippen molar-refractivity contribution in [1.29, 1.82) is 0 Å². The van der Waals surface area contributed by atoms with Gasteiger partial charge in [0.2, 0.25) is 0 Å². The monoisotopic (exact) mass is 346 g/mol. The van der Waals surface area contributed by atoms with Crippen LogP contribution in [0.1, 0.15) is 18.1 Å². The molecule has 0 unspecified atom stereocenters. The molecule has 0 saturated carbocycles. The molecule has 2 aromatic rings. The zero-order chi connectivity index (χ0) is 17.4. The summed E-state index contributed by atoms with van der Waals surface area (Å²) in [5.41, 5.74) is 2.09. The van der Waals surface area contributed by atoms with Crippen molar-refractivity contribution in [1.82, 2.24) is 0 Å². The van der Waals surface area contributed by atoms with Gasteiger partial charge in [0.15, 0.2) is 0 Å². The third-order valence-electron chi connectivity index (χ3n) is 3.39. The standard InChI is InChI=1S/C19H22O4S/c1-16-10-12-19(13-11-16)24(20,21)23-14-6-7-17(2)22-15-18-8-4-3-5-9-18/h3-13,17H,14-15H2,1-2H3/b7-6+/t17-/m0/s1. The van der Waals surface area contributed by atoms with Gasteiger partial charge in [-0.2, -0.15) is 8.42 Å². The first-order valence-electron chi connectivity index (χ1n) is 7.76. The normalized spacial score (nSPS) is 13.2. The first-order valence-corrected chi connectivity index (χ1v) is 9.16. The lowest BCUT2D eigenvalue weighted by molar-refractivity contribution is 0.0837. The van der Waals surface area contributed by atoms with Crippen molar-refractivity contribution in [3.05, 3.63) is 77.9 Å². The van der Waals surface area contributed by atoms with Crippen LogP contribution in [0.25, 0.3) is 0 Å². The lowest BCUT2D eigenvalue weighted by Crippen LogP contribution is -2.08. The highest BCUT2D eigenvalue weighted by molar-refractivity contribution is 7.86. The first kappa shape index (κ1) is 18.4. The van der Waals surface area contributed by atoms with E-state index in [-0.39, 0.29) is 17.6 Å². The quantitative estimate of drug-likeness (QED) is 0.538. The number of benzene rings is 2. The van der Waals surface area contributed by atoms with Gasteiger partial charge in [-0.25, -0.2) is 0 Å². The Labute approximate surface area is 143 Å². The van der Waals surface area contributed by atoms with Crippen molar-refractivity contribution in [2.24, 2.45) is 0 Å². The molecule has 2 aromatic carbocycles. The van der Waals surface area contributed by atoms with Crippen LogP contribution in [-0.2, 0) is 25.6 Å². The van der Waals surface area contributed by atoms with E-state index >= 15 is 0 Å². The van der Waals surface area contributed by atoms with Crippen LogP contribution in [-0.4, -0.2) is 21.1 Å². The Bertz CT molecular complexity index is 750. The molecule has 0 saturated heterocycles. The molecule has 0 heterocycles. The number of hydrogen-bond donors (Lipinski definition) is 0. The predicted molar refractivity (Wildman–Crippen MR) is 94.1 cm³/mol. The molecule has 0 spiro atoms. The molecule has 0 aliphatic heterocycles. The van der Waals surface area contributed by atoms with Crippen LogP contribution in [0.15, 0.2) is 71.6 Å². The largest absolute Gasteiger partial charge is 0.370 e. The summed E-state index contributed by atoms with van der Waals surface area (Å²) in [5, 5.41) is 0. The van der Waals surface area contributed by atoms with Crippen molar-refractivity contribution >= 4 is 10.1 Å². The van der Waals surface area contributed by atoms with E-state index in [9.17, 15) is 8.42 Å². The molecule has 0 aliphatic carbocycles. The summed E-state index contributed by atoms with van der Waals surface area (Å²) >= 11 is 0. The Morgan fingerprint density at radius 2 is 1.71 bits per heavy atom. The summed E-state index contributed by atoms with van der Waals surface area (Å²) in [7, 11) is -3.72. The van der Waals surface area contributed by atoms with Crippen molar-refractivity contribution in [3.63, 3.8) is 0 Å². The molecule has 0 aliphatic rings. The highest BCUT2D eigenvalue weighted by Crippen LogP contribution is 2.13. The SMILES string of the molecule is Cc1ccc(S(=O)(=O)OC/C=C/[C@H](C)OCc2ccccc2)cc1. The van der Waals surface area contributed by atoms with Crippen LogP contribution in [0, 0.1) is 6.92 Å². The summed E-state index contributed by atoms with van der Waals surface area (Å²) in [6.45, 7) is 4.29. The van der Waals surface area contributed by atoms with Gasteiger partial charge in [0, 0.05) is 0 Å². The van der Waals surface area contributed by atoms with E-state index in [2.05, 4.69) is 0 Å². The molecule has 0 bridgehead atoms. The fourth-order valence-electron chi connectivity index (χ4n) is 2.01. The third kappa shape index (κ3) is 5.92. The Morgan fingerprint density at radius 3 is 2.38 bits per heavy atom. The summed E-state index contributed by atoms with van der Waals surface area (Å²) in [6.07, 6.45) is 3.31. The summed E-state index contributed by atoms with van der Waals surface area (Å²) in [5.74, 6) is 0. The summed E-state index contributed by atoms with van der Waals surface area (Å²) in [4.78, 5) is 0.162. The van der Waals surface area contributed by atoms with Crippen LogP contribution in [0.3, 0.4) is 0 Å². The van der Waals surface area contributed by atoms with Gasteiger partial charge in [0.25, 0.3) is 10.1 Å². The molecular formula is C19H22O4S. The van der Waals surface area contributed by atoms with Gasteiger partial charge in [-0.1, -0.05) is 60.2 Å². The molecule has 2 rings (SSSR count). The smallest absolute Gasteiger partial charge is 0.297 e. The number of rotatable bonds is 8. The van der Waals surface area contributed by atoms with E-state index < -0.39 is 10.1 Å². The maximum Gasteiger partial charge on any atom is 0.297 e. The van der Waals surface area contributed by atoms with Crippen molar-refractivity contribution in [2.75, 3.05) is 6.61 Å². The molecule has 1 atom stereocenters. The zero-order valence-electron chi connectivity index (χ0n) is 13.9. The van der Waals surface area contributed by atoms with Crippen LogP contribution in [0.4, 0.5) is 0 Å². The fourth-order valence-corrected chi connectivity index (χ4v) is 2.87. The van der Waals surface area contributed by atoms with E-state index in [0.717, 1.165) is 11.1 Å². The van der Waals surface area contributed by atoms with Crippen LogP contribution in [0.2, 0.25) is 0 Å². The number of aryl methyl sites for hydroxylation is 1. The second-order valence-corrected chi connectivity index (χ2v) is 7.10. The molecule has 4 nitrogen and oxygen atoms in total. The lowest BCUT2D eigenvalue weighted by Gasteiger charge is -2.09. The summed E-state index contributed by atoms with van der Waals surface area (Å²) in [6, 6.07) is 16.4. The predicted octanol–water partition coefficient (Wildman–Crippen LogP) is 3.86. The highest BCUT2D eigenvalue weighted by atomic mass is 32.2. The second kappa shape index (κ2) is 8.78. The van der Waals surface area contributed by atoms with Gasteiger partial charge < -0.3 is 4.74 Å². The second-order valence-electron chi connectivity index (χ2n) is 5.48. The minimum absolute atomic E-state index is 0.0186. The Morgan fingerprint density at radius 1 is 1.04 bits per heavy atom. The van der Waals surface area contributed by atoms with E-state index in [1.54, 1.807) is 36.4 Å². The topological polar surface area (TPSA) is 52.6 Å². The minimum Gasteiger partial charge on any atom is -0.370 e. The highest BCUT2D eigenvalue weighted by Gasteiger charge is 2.13. The zero-order valence-corrected chi connectivity index (χ0v) is 14.7. The fraction of sp³-hybridized carbons (Fsp3) is 0.263. The molecular weight excluding hydrogens is 324 g/mol. The van der Waals surface area contributed by atoms with Crippen molar-refractivity contribution in [3.8, 4) is 0 Å².